The number of para-hydroxylation sites is 2. The molecule has 3 atom stereocenters. The summed E-state index contributed by atoms with van der Waals surface area (Å²) in [5.41, 5.74) is 0.748. The Morgan fingerprint density at radius 1 is 1.40 bits per heavy atom. The SMILES string of the molecule is CC[C@H](C)C(=O)N=C1S[C@H]2CS(=O)(=O)C[C@H]2N1c1ccccc1OC. The van der Waals surface area contributed by atoms with E-state index in [0.29, 0.717) is 10.9 Å². The van der Waals surface area contributed by atoms with E-state index < -0.39 is 9.84 Å². The van der Waals surface area contributed by atoms with E-state index in [4.69, 9.17) is 4.74 Å². The molecule has 1 aromatic carbocycles. The number of carbonyl (C=O) groups excluding carboxylic acids is 1. The summed E-state index contributed by atoms with van der Waals surface area (Å²) in [6, 6.07) is 7.19. The van der Waals surface area contributed by atoms with Gasteiger partial charge in [-0.2, -0.15) is 4.99 Å². The summed E-state index contributed by atoms with van der Waals surface area (Å²) in [5, 5.41) is 0.457. The number of anilines is 1. The monoisotopic (exact) mass is 382 g/mol. The largest absolute Gasteiger partial charge is 0.495 e. The lowest BCUT2D eigenvalue weighted by atomic mass is 10.1. The number of sulfone groups is 1. The van der Waals surface area contributed by atoms with Gasteiger partial charge in [0.25, 0.3) is 5.91 Å². The molecule has 1 amide bonds. The third-order valence-electron chi connectivity index (χ3n) is 4.65. The molecular formula is C17H22N2O4S2. The van der Waals surface area contributed by atoms with Gasteiger partial charge >= 0.3 is 0 Å². The molecule has 0 aliphatic carbocycles. The number of nitrogens with zero attached hydrogens (tertiary/aromatic N) is 2. The molecule has 0 aromatic heterocycles. The van der Waals surface area contributed by atoms with Gasteiger partial charge in [-0.15, -0.1) is 0 Å². The second-order valence-electron chi connectivity index (χ2n) is 6.38. The van der Waals surface area contributed by atoms with Crippen LogP contribution in [-0.4, -0.2) is 49.4 Å². The van der Waals surface area contributed by atoms with Crippen molar-refractivity contribution >= 4 is 38.4 Å². The lowest BCUT2D eigenvalue weighted by Crippen LogP contribution is -2.38. The number of methoxy groups -OCH3 is 1. The summed E-state index contributed by atoms with van der Waals surface area (Å²) >= 11 is 1.38. The Hall–Kier alpha value is -1.54. The van der Waals surface area contributed by atoms with Gasteiger partial charge in [-0.1, -0.05) is 37.7 Å². The topological polar surface area (TPSA) is 76.0 Å². The van der Waals surface area contributed by atoms with Crippen molar-refractivity contribution in [2.24, 2.45) is 10.9 Å². The van der Waals surface area contributed by atoms with E-state index in [0.717, 1.165) is 12.1 Å². The molecule has 1 aromatic rings. The number of amides is 1. The van der Waals surface area contributed by atoms with E-state index in [1.807, 2.05) is 43.0 Å². The summed E-state index contributed by atoms with van der Waals surface area (Å²) in [5.74, 6) is 0.491. The van der Waals surface area contributed by atoms with Gasteiger partial charge in [-0.3, -0.25) is 4.79 Å². The Labute approximate surface area is 152 Å². The molecule has 0 bridgehead atoms. The van der Waals surface area contributed by atoms with Crippen LogP contribution in [0.25, 0.3) is 0 Å². The molecular weight excluding hydrogens is 360 g/mol. The van der Waals surface area contributed by atoms with Gasteiger partial charge in [0.05, 0.1) is 30.3 Å². The zero-order chi connectivity index (χ0) is 18.2. The molecule has 0 spiro atoms. The number of aliphatic imine (C=N–C) groups is 1. The first-order valence-electron chi connectivity index (χ1n) is 8.28. The molecule has 0 unspecified atom stereocenters. The summed E-state index contributed by atoms with van der Waals surface area (Å²) in [6.45, 7) is 3.80. The second kappa shape index (κ2) is 6.99. The van der Waals surface area contributed by atoms with Crippen LogP contribution in [0.5, 0.6) is 5.75 Å². The van der Waals surface area contributed by atoms with Crippen molar-refractivity contribution in [2.75, 3.05) is 23.5 Å². The normalized spacial score (nSPS) is 27.3. The van der Waals surface area contributed by atoms with Crippen molar-refractivity contribution in [3.8, 4) is 5.75 Å². The van der Waals surface area contributed by atoms with Crippen LogP contribution in [0.3, 0.4) is 0 Å². The van der Waals surface area contributed by atoms with E-state index in [1.165, 1.54) is 11.8 Å². The average Bonchev–Trinajstić information content (AvgIpc) is 3.04. The highest BCUT2D eigenvalue weighted by molar-refractivity contribution is 8.16. The molecule has 0 radical (unpaired) electrons. The van der Waals surface area contributed by atoms with Gasteiger partial charge in [-0.05, 0) is 18.6 Å². The van der Waals surface area contributed by atoms with Crippen LogP contribution in [-0.2, 0) is 14.6 Å². The predicted octanol–water partition coefficient (Wildman–Crippen LogP) is 2.34. The van der Waals surface area contributed by atoms with Gasteiger partial charge in [0.2, 0.25) is 0 Å². The summed E-state index contributed by atoms with van der Waals surface area (Å²) < 4.78 is 29.6. The van der Waals surface area contributed by atoms with E-state index in [9.17, 15) is 13.2 Å². The quantitative estimate of drug-likeness (QED) is 0.796. The van der Waals surface area contributed by atoms with Crippen molar-refractivity contribution in [1.29, 1.82) is 0 Å². The molecule has 136 valence electrons. The van der Waals surface area contributed by atoms with Gasteiger partial charge < -0.3 is 9.64 Å². The molecule has 2 aliphatic rings. The number of amidine groups is 1. The number of hydrogen-bond acceptors (Lipinski definition) is 5. The first kappa shape index (κ1) is 18.3. The fraction of sp³-hybridized carbons (Fsp3) is 0.529. The maximum absolute atomic E-state index is 12.3. The standard InChI is InChI=1S/C17H22N2O4S2/c1-4-11(2)16(20)18-17-19(12-7-5-6-8-14(12)23-3)13-9-25(21,22)10-15(13)24-17/h5-8,11,13,15H,4,9-10H2,1-3H3/t11-,13+,15-/m0/s1. The van der Waals surface area contributed by atoms with E-state index in [2.05, 4.69) is 4.99 Å². The lowest BCUT2D eigenvalue weighted by Gasteiger charge is -2.26. The van der Waals surface area contributed by atoms with Crippen LogP contribution >= 0.6 is 11.8 Å². The third kappa shape index (κ3) is 3.55. The van der Waals surface area contributed by atoms with Crippen molar-refractivity contribution in [3.63, 3.8) is 0 Å². The zero-order valence-electron chi connectivity index (χ0n) is 14.5. The maximum Gasteiger partial charge on any atom is 0.250 e. The van der Waals surface area contributed by atoms with Gasteiger partial charge in [0.15, 0.2) is 15.0 Å². The van der Waals surface area contributed by atoms with Crippen LogP contribution in [0.15, 0.2) is 29.3 Å². The molecule has 3 rings (SSSR count). The molecule has 2 saturated heterocycles. The molecule has 2 heterocycles. The van der Waals surface area contributed by atoms with Gasteiger partial charge in [0, 0.05) is 11.2 Å². The predicted molar refractivity (Wildman–Crippen MR) is 101 cm³/mol. The van der Waals surface area contributed by atoms with Crippen LogP contribution in [0.2, 0.25) is 0 Å². The van der Waals surface area contributed by atoms with Crippen molar-refractivity contribution in [1.82, 2.24) is 0 Å². The van der Waals surface area contributed by atoms with E-state index in [-0.39, 0.29) is 34.6 Å². The minimum absolute atomic E-state index is 0.0687. The molecule has 0 saturated carbocycles. The Morgan fingerprint density at radius 2 is 2.12 bits per heavy atom. The first-order chi connectivity index (χ1) is 11.9. The number of ether oxygens (including phenoxy) is 1. The Kier molecular flexibility index (Phi) is 5.11. The van der Waals surface area contributed by atoms with Gasteiger partial charge in [-0.25, -0.2) is 8.42 Å². The summed E-state index contributed by atoms with van der Waals surface area (Å²) in [4.78, 5) is 18.5. The number of rotatable bonds is 4. The highest BCUT2D eigenvalue weighted by Gasteiger charge is 2.50. The van der Waals surface area contributed by atoms with E-state index >= 15 is 0 Å². The van der Waals surface area contributed by atoms with Crippen molar-refractivity contribution in [3.05, 3.63) is 24.3 Å². The van der Waals surface area contributed by atoms with Crippen molar-refractivity contribution < 1.29 is 17.9 Å². The lowest BCUT2D eigenvalue weighted by molar-refractivity contribution is -0.121. The highest BCUT2D eigenvalue weighted by atomic mass is 32.2. The zero-order valence-corrected chi connectivity index (χ0v) is 16.1. The number of carbonyl (C=O) groups is 1. The highest BCUT2D eigenvalue weighted by Crippen LogP contribution is 2.43. The van der Waals surface area contributed by atoms with Crippen LogP contribution in [0.1, 0.15) is 20.3 Å². The third-order valence-corrected chi connectivity index (χ3v) is 7.86. The summed E-state index contributed by atoms with van der Waals surface area (Å²) in [6.07, 6.45) is 0.718. The second-order valence-corrected chi connectivity index (χ2v) is 9.74. The van der Waals surface area contributed by atoms with Crippen LogP contribution in [0.4, 0.5) is 5.69 Å². The van der Waals surface area contributed by atoms with Gasteiger partial charge in [0.1, 0.15) is 5.75 Å². The minimum Gasteiger partial charge on any atom is -0.495 e. The fourth-order valence-electron chi connectivity index (χ4n) is 3.05. The molecule has 2 fully saturated rings. The molecule has 25 heavy (non-hydrogen) atoms. The summed E-state index contributed by atoms with van der Waals surface area (Å²) in [7, 11) is -1.51. The minimum atomic E-state index is -3.08. The van der Waals surface area contributed by atoms with E-state index in [1.54, 1.807) is 7.11 Å². The molecule has 8 heteroatoms. The van der Waals surface area contributed by atoms with Crippen LogP contribution in [0, 0.1) is 5.92 Å². The Morgan fingerprint density at radius 3 is 2.80 bits per heavy atom. The molecule has 0 N–H and O–H groups in total. The van der Waals surface area contributed by atoms with Crippen molar-refractivity contribution in [2.45, 2.75) is 31.6 Å². The Balaban J connectivity index is 2.04. The average molecular weight is 383 g/mol. The molecule has 2 aliphatic heterocycles. The fourth-order valence-corrected chi connectivity index (χ4v) is 6.97. The Bertz CT molecular complexity index is 807. The smallest absolute Gasteiger partial charge is 0.250 e. The number of thioether (sulfide) groups is 1. The molecule has 6 nitrogen and oxygen atoms in total. The number of hydrogen-bond donors (Lipinski definition) is 0. The maximum atomic E-state index is 12.3. The van der Waals surface area contributed by atoms with Crippen LogP contribution < -0.4 is 9.64 Å². The number of benzene rings is 1. The first-order valence-corrected chi connectivity index (χ1v) is 11.0. The number of fused-ring (bicyclic) bond motifs is 1.